The first-order chi connectivity index (χ1) is 15.6. The molecule has 0 fully saturated rings. The van der Waals surface area contributed by atoms with E-state index in [0.717, 1.165) is 52.3 Å². The van der Waals surface area contributed by atoms with Crippen LogP contribution in [0.1, 0.15) is 30.4 Å². The van der Waals surface area contributed by atoms with Crippen molar-refractivity contribution in [2.24, 2.45) is 7.05 Å². The zero-order valence-electron chi connectivity index (χ0n) is 17.8. The summed E-state index contributed by atoms with van der Waals surface area (Å²) in [6.45, 7) is 0.745. The van der Waals surface area contributed by atoms with E-state index in [1.807, 2.05) is 72.5 Å². The molecule has 6 heteroatoms. The molecule has 158 valence electrons. The highest BCUT2D eigenvalue weighted by atomic mass is 16.2. The number of benzene rings is 2. The van der Waals surface area contributed by atoms with Gasteiger partial charge < -0.3 is 9.13 Å². The van der Waals surface area contributed by atoms with Crippen LogP contribution in [0.5, 0.6) is 0 Å². The molecule has 2 aromatic carbocycles. The Bertz CT molecular complexity index is 1460. The zero-order valence-corrected chi connectivity index (χ0v) is 17.8. The van der Waals surface area contributed by atoms with E-state index in [2.05, 4.69) is 16.0 Å². The fourth-order valence-corrected chi connectivity index (χ4v) is 4.63. The number of carbonyl (C=O) groups is 2. The normalized spacial score (nSPS) is 13.9. The fourth-order valence-electron chi connectivity index (χ4n) is 4.63. The molecule has 0 bridgehead atoms. The molecular weight excluding hydrogens is 400 g/mol. The second-order valence-corrected chi connectivity index (χ2v) is 8.07. The zero-order chi connectivity index (χ0) is 22.2. The number of nitrogens with one attached hydrogen (secondary N) is 1. The molecule has 3 heterocycles. The summed E-state index contributed by atoms with van der Waals surface area (Å²) in [5.41, 5.74) is 4.36. The van der Waals surface area contributed by atoms with Crippen LogP contribution >= 0.6 is 0 Å². The lowest BCUT2D eigenvalue weighted by Crippen LogP contribution is -2.22. The van der Waals surface area contributed by atoms with Crippen LogP contribution in [0.25, 0.3) is 33.0 Å². The van der Waals surface area contributed by atoms with Crippen LogP contribution in [0, 0.1) is 11.3 Å². The van der Waals surface area contributed by atoms with Crippen molar-refractivity contribution >= 4 is 44.8 Å². The van der Waals surface area contributed by atoms with E-state index < -0.39 is 0 Å². The lowest BCUT2D eigenvalue weighted by molar-refractivity contribution is -0.122. The molecule has 1 aliphatic rings. The SMILES string of the molecule is Cn1cc(C2=C(c3cn(CCCCC#N)c4ccccc34)C(=O)NC2=O)c2ccccc21. The van der Waals surface area contributed by atoms with Gasteiger partial charge in [0.15, 0.2) is 0 Å². The Morgan fingerprint density at radius 3 is 2.12 bits per heavy atom. The Hall–Kier alpha value is -4.11. The molecule has 0 radical (unpaired) electrons. The maximum atomic E-state index is 13.0. The molecule has 2 aromatic heterocycles. The largest absolute Gasteiger partial charge is 0.350 e. The second kappa shape index (κ2) is 7.86. The number of aromatic nitrogens is 2. The maximum Gasteiger partial charge on any atom is 0.259 e. The van der Waals surface area contributed by atoms with Crippen LogP contribution in [0.2, 0.25) is 0 Å². The van der Waals surface area contributed by atoms with Crippen molar-refractivity contribution in [3.63, 3.8) is 0 Å². The Balaban J connectivity index is 1.71. The van der Waals surface area contributed by atoms with E-state index in [1.54, 1.807) is 0 Å². The number of rotatable bonds is 6. The molecule has 1 aliphatic heterocycles. The molecule has 0 atom stereocenters. The minimum Gasteiger partial charge on any atom is -0.350 e. The van der Waals surface area contributed by atoms with Crippen LogP contribution in [0.3, 0.4) is 0 Å². The number of fused-ring (bicyclic) bond motifs is 2. The molecule has 32 heavy (non-hydrogen) atoms. The van der Waals surface area contributed by atoms with Gasteiger partial charge in [0.05, 0.1) is 17.2 Å². The van der Waals surface area contributed by atoms with Gasteiger partial charge in [0.25, 0.3) is 11.8 Å². The van der Waals surface area contributed by atoms with Crippen molar-refractivity contribution in [2.45, 2.75) is 25.8 Å². The number of imide groups is 1. The molecule has 0 saturated carbocycles. The van der Waals surface area contributed by atoms with Gasteiger partial charge in [0.2, 0.25) is 0 Å². The first-order valence-electron chi connectivity index (χ1n) is 10.7. The summed E-state index contributed by atoms with van der Waals surface area (Å²) in [6, 6.07) is 18.0. The van der Waals surface area contributed by atoms with Crippen molar-refractivity contribution < 1.29 is 9.59 Å². The Morgan fingerprint density at radius 1 is 0.844 bits per heavy atom. The fraction of sp³-hybridized carbons (Fsp3) is 0.192. The lowest BCUT2D eigenvalue weighted by Gasteiger charge is -2.03. The number of nitriles is 1. The minimum atomic E-state index is -0.370. The third-order valence-electron chi connectivity index (χ3n) is 6.09. The van der Waals surface area contributed by atoms with E-state index in [4.69, 9.17) is 5.26 Å². The van der Waals surface area contributed by atoms with Gasteiger partial charge in [-0.05, 0) is 25.0 Å². The first kappa shape index (κ1) is 19.8. The Labute approximate surface area is 185 Å². The smallest absolute Gasteiger partial charge is 0.259 e. The van der Waals surface area contributed by atoms with Gasteiger partial charge in [-0.3, -0.25) is 14.9 Å². The van der Waals surface area contributed by atoms with Gasteiger partial charge in [-0.2, -0.15) is 5.26 Å². The summed E-state index contributed by atoms with van der Waals surface area (Å²) in [7, 11) is 1.94. The Kier molecular flexibility index (Phi) is 4.87. The first-order valence-corrected chi connectivity index (χ1v) is 10.7. The topological polar surface area (TPSA) is 79.8 Å². The number of aryl methyl sites for hydroxylation is 2. The van der Waals surface area contributed by atoms with Gasteiger partial charge in [0.1, 0.15) is 0 Å². The number of para-hydroxylation sites is 2. The van der Waals surface area contributed by atoms with Crippen molar-refractivity contribution in [3.05, 3.63) is 72.1 Å². The van der Waals surface area contributed by atoms with Gasteiger partial charge in [-0.15, -0.1) is 0 Å². The van der Waals surface area contributed by atoms with Gasteiger partial charge >= 0.3 is 0 Å². The molecule has 0 spiro atoms. The molecule has 2 amide bonds. The van der Waals surface area contributed by atoms with E-state index in [0.29, 0.717) is 17.6 Å². The van der Waals surface area contributed by atoms with Crippen LogP contribution in [0.4, 0.5) is 0 Å². The van der Waals surface area contributed by atoms with Crippen LogP contribution < -0.4 is 5.32 Å². The summed E-state index contributed by atoms with van der Waals surface area (Å²) in [5, 5.41) is 13.2. The summed E-state index contributed by atoms with van der Waals surface area (Å²) in [5.74, 6) is -0.738. The summed E-state index contributed by atoms with van der Waals surface area (Å²) in [4.78, 5) is 26.0. The van der Waals surface area contributed by atoms with E-state index >= 15 is 0 Å². The van der Waals surface area contributed by atoms with Crippen molar-refractivity contribution in [1.82, 2.24) is 14.5 Å². The van der Waals surface area contributed by atoms with Crippen molar-refractivity contribution in [2.75, 3.05) is 0 Å². The molecular formula is C26H22N4O2. The third kappa shape index (κ3) is 3.10. The van der Waals surface area contributed by atoms with Crippen molar-refractivity contribution in [3.8, 4) is 6.07 Å². The van der Waals surface area contributed by atoms with E-state index in [9.17, 15) is 9.59 Å². The van der Waals surface area contributed by atoms with Gasteiger partial charge in [-0.25, -0.2) is 0 Å². The number of hydrogen-bond acceptors (Lipinski definition) is 3. The average molecular weight is 422 g/mol. The van der Waals surface area contributed by atoms with E-state index in [-0.39, 0.29) is 11.8 Å². The predicted octanol–water partition coefficient (Wildman–Crippen LogP) is 4.39. The maximum absolute atomic E-state index is 13.0. The lowest BCUT2D eigenvalue weighted by atomic mass is 9.95. The standard InChI is InChI=1S/C26H22N4O2/c1-29-15-19(17-9-3-5-11-21(17)29)23-24(26(32)28-25(23)31)20-16-30(14-8-2-7-13-27)22-12-6-4-10-18(20)22/h3-6,9-12,15-16H,2,7-8,14H2,1H3,(H,28,31,32). The molecule has 6 nitrogen and oxygen atoms in total. The van der Waals surface area contributed by atoms with Crippen LogP contribution in [-0.2, 0) is 23.2 Å². The van der Waals surface area contributed by atoms with E-state index in [1.165, 1.54) is 0 Å². The molecule has 0 saturated heterocycles. The van der Waals surface area contributed by atoms with Crippen LogP contribution in [-0.4, -0.2) is 20.9 Å². The van der Waals surface area contributed by atoms with Crippen molar-refractivity contribution in [1.29, 1.82) is 5.26 Å². The van der Waals surface area contributed by atoms with Gasteiger partial charge in [0, 0.05) is 65.3 Å². The highest BCUT2D eigenvalue weighted by Crippen LogP contribution is 2.38. The third-order valence-corrected chi connectivity index (χ3v) is 6.09. The molecule has 5 rings (SSSR count). The number of amides is 2. The highest BCUT2D eigenvalue weighted by molar-refractivity contribution is 6.50. The minimum absolute atomic E-state index is 0.368. The van der Waals surface area contributed by atoms with Crippen LogP contribution in [0.15, 0.2) is 60.9 Å². The average Bonchev–Trinajstić information content (AvgIpc) is 3.42. The summed E-state index contributed by atoms with van der Waals surface area (Å²) in [6.07, 6.45) is 6.10. The quantitative estimate of drug-likeness (QED) is 0.370. The second-order valence-electron chi connectivity index (χ2n) is 8.07. The summed E-state index contributed by atoms with van der Waals surface area (Å²) < 4.78 is 4.09. The molecule has 0 unspecified atom stereocenters. The molecule has 0 aliphatic carbocycles. The number of nitrogens with zero attached hydrogens (tertiary/aromatic N) is 3. The molecule has 4 aromatic rings. The number of unbranched alkanes of at least 4 members (excludes halogenated alkanes) is 2. The summed E-state index contributed by atoms with van der Waals surface area (Å²) >= 11 is 0. The predicted molar refractivity (Wildman–Crippen MR) is 124 cm³/mol. The Morgan fingerprint density at radius 2 is 1.44 bits per heavy atom. The monoisotopic (exact) mass is 422 g/mol. The number of hydrogen-bond donors (Lipinski definition) is 1. The molecule has 1 N–H and O–H groups in total. The number of carbonyl (C=O) groups excluding carboxylic acids is 2. The highest BCUT2D eigenvalue weighted by Gasteiger charge is 2.35. The van der Waals surface area contributed by atoms with Gasteiger partial charge in [-0.1, -0.05) is 36.4 Å².